The summed E-state index contributed by atoms with van der Waals surface area (Å²) in [5.41, 5.74) is -0.460. The standard InChI is InChI=1S/C18H12F3NO3S/c1-25-14-8-3-2-5-11(14)9-15-16(23)22(17(24)26-15)13-7-4-6-12(10-13)18(19,20)21/h2-10H,1H3/b15-9-. The zero-order chi connectivity index (χ0) is 18.9. The highest BCUT2D eigenvalue weighted by Gasteiger charge is 2.38. The Hall–Kier alpha value is -2.74. The van der Waals surface area contributed by atoms with Gasteiger partial charge in [-0.25, -0.2) is 4.90 Å². The summed E-state index contributed by atoms with van der Waals surface area (Å²) in [5, 5.41) is -0.657. The van der Waals surface area contributed by atoms with Crippen molar-refractivity contribution in [2.45, 2.75) is 6.18 Å². The van der Waals surface area contributed by atoms with Crippen molar-refractivity contribution >= 4 is 34.7 Å². The summed E-state index contributed by atoms with van der Waals surface area (Å²) in [7, 11) is 1.47. The van der Waals surface area contributed by atoms with Crippen LogP contribution in [0.2, 0.25) is 0 Å². The third-order valence-corrected chi connectivity index (χ3v) is 4.52. The van der Waals surface area contributed by atoms with Gasteiger partial charge in [-0.3, -0.25) is 9.59 Å². The van der Waals surface area contributed by atoms with Gasteiger partial charge in [-0.05, 0) is 42.1 Å². The van der Waals surface area contributed by atoms with Gasteiger partial charge in [-0.2, -0.15) is 13.2 Å². The number of methoxy groups -OCH3 is 1. The first kappa shape index (κ1) is 18.1. The molecule has 4 nitrogen and oxygen atoms in total. The Morgan fingerprint density at radius 2 is 1.81 bits per heavy atom. The number of hydrogen-bond acceptors (Lipinski definition) is 4. The number of halogens is 3. The van der Waals surface area contributed by atoms with E-state index in [1.165, 1.54) is 19.3 Å². The number of nitrogens with zero attached hydrogens (tertiary/aromatic N) is 1. The van der Waals surface area contributed by atoms with Crippen molar-refractivity contribution in [1.29, 1.82) is 0 Å². The second-order valence-corrected chi connectivity index (χ2v) is 6.30. The van der Waals surface area contributed by atoms with Crippen LogP contribution >= 0.6 is 11.8 Å². The van der Waals surface area contributed by atoms with Crippen molar-refractivity contribution in [3.8, 4) is 5.75 Å². The highest BCUT2D eigenvalue weighted by molar-refractivity contribution is 8.19. The molecule has 1 aliphatic rings. The average molecular weight is 379 g/mol. The fourth-order valence-electron chi connectivity index (χ4n) is 2.44. The molecule has 1 fully saturated rings. The SMILES string of the molecule is COc1ccccc1/C=C1\SC(=O)N(c2cccc(C(F)(F)F)c2)C1=O. The van der Waals surface area contributed by atoms with Gasteiger partial charge < -0.3 is 4.74 Å². The van der Waals surface area contributed by atoms with E-state index >= 15 is 0 Å². The third kappa shape index (κ3) is 3.45. The molecule has 3 rings (SSSR count). The average Bonchev–Trinajstić information content (AvgIpc) is 2.88. The quantitative estimate of drug-likeness (QED) is 0.708. The molecule has 2 amide bonds. The maximum atomic E-state index is 12.9. The second kappa shape index (κ2) is 6.87. The Labute approximate surface area is 151 Å². The maximum absolute atomic E-state index is 12.9. The van der Waals surface area contributed by atoms with Crippen LogP contribution < -0.4 is 9.64 Å². The van der Waals surface area contributed by atoms with Crippen molar-refractivity contribution < 1.29 is 27.5 Å². The monoisotopic (exact) mass is 379 g/mol. The molecule has 0 bridgehead atoms. The normalized spacial score (nSPS) is 16.5. The van der Waals surface area contributed by atoms with Crippen LogP contribution in [-0.4, -0.2) is 18.3 Å². The van der Waals surface area contributed by atoms with Crippen LogP contribution in [0, 0.1) is 0 Å². The van der Waals surface area contributed by atoms with Gasteiger partial charge in [0.25, 0.3) is 11.1 Å². The minimum Gasteiger partial charge on any atom is -0.496 e. The van der Waals surface area contributed by atoms with E-state index in [1.807, 2.05) is 0 Å². The number of hydrogen-bond donors (Lipinski definition) is 0. The maximum Gasteiger partial charge on any atom is 0.416 e. The summed E-state index contributed by atoms with van der Waals surface area (Å²) >= 11 is 0.666. The van der Waals surface area contributed by atoms with Gasteiger partial charge in [-0.1, -0.05) is 24.3 Å². The molecule has 0 spiro atoms. The number of carbonyl (C=O) groups excluding carboxylic acids is 2. The van der Waals surface area contributed by atoms with E-state index in [1.54, 1.807) is 24.3 Å². The highest BCUT2D eigenvalue weighted by atomic mass is 32.2. The molecule has 0 N–H and O–H groups in total. The zero-order valence-corrected chi connectivity index (χ0v) is 14.2. The summed E-state index contributed by atoms with van der Waals surface area (Å²) in [6, 6.07) is 11.0. The summed E-state index contributed by atoms with van der Waals surface area (Å²) in [4.78, 5) is 25.6. The second-order valence-electron chi connectivity index (χ2n) is 5.31. The number of para-hydroxylation sites is 1. The van der Waals surface area contributed by atoms with Gasteiger partial charge in [0.05, 0.1) is 23.3 Å². The smallest absolute Gasteiger partial charge is 0.416 e. The first-order valence-electron chi connectivity index (χ1n) is 7.39. The molecule has 0 unspecified atom stereocenters. The van der Waals surface area contributed by atoms with Crippen molar-refractivity contribution in [2.24, 2.45) is 0 Å². The minimum atomic E-state index is -4.56. The topological polar surface area (TPSA) is 46.6 Å². The van der Waals surface area contributed by atoms with E-state index in [4.69, 9.17) is 4.74 Å². The van der Waals surface area contributed by atoms with Gasteiger partial charge in [0.1, 0.15) is 5.75 Å². The lowest BCUT2D eigenvalue weighted by molar-refractivity contribution is -0.137. The van der Waals surface area contributed by atoms with Crippen LogP contribution in [0.25, 0.3) is 6.08 Å². The van der Waals surface area contributed by atoms with E-state index in [2.05, 4.69) is 0 Å². The van der Waals surface area contributed by atoms with Crippen molar-refractivity contribution in [3.63, 3.8) is 0 Å². The predicted molar refractivity (Wildman–Crippen MR) is 92.9 cm³/mol. The van der Waals surface area contributed by atoms with Crippen molar-refractivity contribution in [2.75, 3.05) is 12.0 Å². The molecule has 134 valence electrons. The summed E-state index contributed by atoms with van der Waals surface area (Å²) in [6.45, 7) is 0. The highest BCUT2D eigenvalue weighted by Crippen LogP contribution is 2.38. The number of ether oxygens (including phenoxy) is 1. The van der Waals surface area contributed by atoms with Crippen LogP contribution in [0.3, 0.4) is 0 Å². The zero-order valence-electron chi connectivity index (χ0n) is 13.4. The van der Waals surface area contributed by atoms with Gasteiger partial charge in [-0.15, -0.1) is 0 Å². The lowest BCUT2D eigenvalue weighted by atomic mass is 10.1. The number of alkyl halides is 3. The number of imide groups is 1. The van der Waals surface area contributed by atoms with E-state index in [0.717, 1.165) is 23.1 Å². The Morgan fingerprint density at radius 3 is 2.50 bits per heavy atom. The van der Waals surface area contributed by atoms with E-state index in [0.29, 0.717) is 23.1 Å². The molecular weight excluding hydrogens is 367 g/mol. The fraction of sp³-hybridized carbons (Fsp3) is 0.111. The molecule has 2 aromatic rings. The molecule has 1 heterocycles. The Bertz CT molecular complexity index is 909. The van der Waals surface area contributed by atoms with E-state index < -0.39 is 22.9 Å². The molecule has 0 saturated carbocycles. The largest absolute Gasteiger partial charge is 0.496 e. The van der Waals surface area contributed by atoms with Crippen LogP contribution in [0.5, 0.6) is 5.75 Å². The number of anilines is 1. The molecule has 0 atom stereocenters. The molecule has 0 aromatic heterocycles. The van der Waals surface area contributed by atoms with Crippen LogP contribution in [0.15, 0.2) is 53.4 Å². The van der Waals surface area contributed by atoms with Crippen molar-refractivity contribution in [3.05, 3.63) is 64.6 Å². The Kier molecular flexibility index (Phi) is 4.78. The molecule has 0 aliphatic carbocycles. The lowest BCUT2D eigenvalue weighted by Crippen LogP contribution is -2.28. The summed E-state index contributed by atoms with van der Waals surface area (Å²) < 4.78 is 43.8. The Balaban J connectivity index is 1.96. The summed E-state index contributed by atoms with van der Waals surface area (Å²) in [5.74, 6) is -0.163. The molecule has 8 heteroatoms. The molecule has 0 radical (unpaired) electrons. The predicted octanol–water partition coefficient (Wildman–Crippen LogP) is 4.95. The number of carbonyl (C=O) groups is 2. The van der Waals surface area contributed by atoms with Crippen LogP contribution in [-0.2, 0) is 11.0 Å². The van der Waals surface area contributed by atoms with E-state index in [9.17, 15) is 22.8 Å². The third-order valence-electron chi connectivity index (χ3n) is 3.65. The molecule has 1 saturated heterocycles. The van der Waals surface area contributed by atoms with Gasteiger partial charge >= 0.3 is 6.18 Å². The van der Waals surface area contributed by atoms with Crippen LogP contribution in [0.1, 0.15) is 11.1 Å². The first-order chi connectivity index (χ1) is 12.3. The number of rotatable bonds is 3. The van der Waals surface area contributed by atoms with Crippen LogP contribution in [0.4, 0.5) is 23.7 Å². The Morgan fingerprint density at radius 1 is 1.08 bits per heavy atom. The molecule has 1 aliphatic heterocycles. The fourth-order valence-corrected chi connectivity index (χ4v) is 3.27. The molecular formula is C18H12F3NO3S. The number of benzene rings is 2. The number of thioether (sulfide) groups is 1. The van der Waals surface area contributed by atoms with Gasteiger partial charge in [0.15, 0.2) is 0 Å². The lowest BCUT2D eigenvalue weighted by Gasteiger charge is -2.14. The summed E-state index contributed by atoms with van der Waals surface area (Å²) in [6.07, 6.45) is -3.08. The number of amides is 2. The van der Waals surface area contributed by atoms with Crippen molar-refractivity contribution in [1.82, 2.24) is 0 Å². The first-order valence-corrected chi connectivity index (χ1v) is 8.21. The molecule has 2 aromatic carbocycles. The minimum absolute atomic E-state index is 0.108. The molecule has 26 heavy (non-hydrogen) atoms. The van der Waals surface area contributed by atoms with Gasteiger partial charge in [0.2, 0.25) is 0 Å². The van der Waals surface area contributed by atoms with E-state index in [-0.39, 0.29) is 10.6 Å². The van der Waals surface area contributed by atoms with Gasteiger partial charge in [0, 0.05) is 5.56 Å².